The van der Waals surface area contributed by atoms with E-state index in [1.54, 1.807) is 14.2 Å². The predicted molar refractivity (Wildman–Crippen MR) is 117 cm³/mol. The molecule has 1 heterocycles. The van der Waals surface area contributed by atoms with Crippen molar-refractivity contribution in [3.8, 4) is 11.5 Å². The van der Waals surface area contributed by atoms with Crippen LogP contribution in [0.4, 0.5) is 17.3 Å². The molecule has 152 valence electrons. The first-order valence-electron chi connectivity index (χ1n) is 9.49. The van der Waals surface area contributed by atoms with Crippen molar-refractivity contribution in [2.45, 2.75) is 19.4 Å². The maximum Gasteiger partial charge on any atom is 0.160 e. The second-order valence-corrected chi connectivity index (χ2v) is 6.63. The van der Waals surface area contributed by atoms with Crippen LogP contribution in [0.25, 0.3) is 0 Å². The second kappa shape index (κ2) is 9.64. The highest BCUT2D eigenvalue weighted by Crippen LogP contribution is 2.28. The lowest BCUT2D eigenvalue weighted by Crippen LogP contribution is -2.13. The van der Waals surface area contributed by atoms with Gasteiger partial charge in [0.1, 0.15) is 12.0 Å². The summed E-state index contributed by atoms with van der Waals surface area (Å²) in [5, 5.41) is 6.65. The number of benzene rings is 2. The molecule has 0 aliphatic rings. The molecule has 7 heteroatoms. The molecule has 3 rings (SSSR count). The molecule has 0 amide bonds. The van der Waals surface area contributed by atoms with Crippen molar-refractivity contribution in [3.63, 3.8) is 0 Å². The van der Waals surface area contributed by atoms with Gasteiger partial charge in [0.15, 0.2) is 23.1 Å². The fraction of sp³-hybridized carbons (Fsp3) is 0.273. The lowest BCUT2D eigenvalue weighted by molar-refractivity contribution is 0.354. The average molecular weight is 393 g/mol. The summed E-state index contributed by atoms with van der Waals surface area (Å²) in [6.07, 6.45) is 2.29. The minimum absolute atomic E-state index is 0.0769. The lowest BCUT2D eigenvalue weighted by atomic mass is 10.1. The largest absolute Gasteiger partial charge is 0.493 e. The summed E-state index contributed by atoms with van der Waals surface area (Å²) < 4.78 is 10.6. The summed E-state index contributed by atoms with van der Waals surface area (Å²) >= 11 is 0. The van der Waals surface area contributed by atoms with Gasteiger partial charge in [0.2, 0.25) is 0 Å². The predicted octanol–water partition coefficient (Wildman–Crippen LogP) is 3.90. The summed E-state index contributed by atoms with van der Waals surface area (Å²) in [5.74, 6) is 2.66. The zero-order valence-corrected chi connectivity index (χ0v) is 17.0. The summed E-state index contributed by atoms with van der Waals surface area (Å²) in [7, 11) is 3.26. The molecule has 3 aromatic rings. The minimum Gasteiger partial charge on any atom is -0.493 e. The SMILES string of the molecule is COc1ccc(CCNc2ncnc(NC(C)c3ccccc3)c2N)cc1OC. The fourth-order valence-electron chi connectivity index (χ4n) is 3.04. The van der Waals surface area contributed by atoms with Crippen LogP contribution in [-0.2, 0) is 6.42 Å². The molecule has 1 unspecified atom stereocenters. The van der Waals surface area contributed by atoms with E-state index in [0.29, 0.717) is 35.4 Å². The van der Waals surface area contributed by atoms with Gasteiger partial charge in [-0.2, -0.15) is 0 Å². The van der Waals surface area contributed by atoms with Crippen LogP contribution in [0.3, 0.4) is 0 Å². The Balaban J connectivity index is 1.63. The number of anilines is 3. The van der Waals surface area contributed by atoms with E-state index < -0.39 is 0 Å². The number of methoxy groups -OCH3 is 2. The van der Waals surface area contributed by atoms with Crippen molar-refractivity contribution >= 4 is 17.3 Å². The van der Waals surface area contributed by atoms with Crippen LogP contribution in [0.2, 0.25) is 0 Å². The summed E-state index contributed by atoms with van der Waals surface area (Å²) in [5.41, 5.74) is 9.07. The molecule has 0 spiro atoms. The Labute approximate surface area is 171 Å². The number of aromatic nitrogens is 2. The van der Waals surface area contributed by atoms with Crippen LogP contribution in [0.15, 0.2) is 54.9 Å². The molecule has 0 bridgehead atoms. The van der Waals surface area contributed by atoms with Crippen LogP contribution in [-0.4, -0.2) is 30.7 Å². The molecule has 4 N–H and O–H groups in total. The van der Waals surface area contributed by atoms with Gasteiger partial charge in [0.05, 0.1) is 20.3 Å². The van der Waals surface area contributed by atoms with E-state index in [1.165, 1.54) is 6.33 Å². The second-order valence-electron chi connectivity index (χ2n) is 6.63. The van der Waals surface area contributed by atoms with Gasteiger partial charge in [-0.15, -0.1) is 0 Å². The zero-order valence-electron chi connectivity index (χ0n) is 17.0. The van der Waals surface area contributed by atoms with Gasteiger partial charge in [-0.05, 0) is 36.6 Å². The highest BCUT2D eigenvalue weighted by atomic mass is 16.5. The lowest BCUT2D eigenvalue weighted by Gasteiger charge is -2.17. The molecular formula is C22H27N5O2. The molecule has 0 fully saturated rings. The van der Waals surface area contributed by atoms with Crippen molar-refractivity contribution in [2.24, 2.45) is 0 Å². The zero-order chi connectivity index (χ0) is 20.6. The maximum atomic E-state index is 6.29. The van der Waals surface area contributed by atoms with Gasteiger partial charge in [-0.1, -0.05) is 36.4 Å². The normalized spacial score (nSPS) is 11.6. The van der Waals surface area contributed by atoms with Gasteiger partial charge in [-0.3, -0.25) is 0 Å². The number of nitrogen functional groups attached to an aromatic ring is 1. The standard InChI is InChI=1S/C22H27N5O2/c1-15(17-7-5-4-6-8-17)27-22-20(23)21(25-14-26-22)24-12-11-16-9-10-18(28-2)19(13-16)29-3/h4-10,13-15H,11-12,23H2,1-3H3,(H2,24,25,26,27). The molecule has 0 aliphatic carbocycles. The minimum atomic E-state index is 0.0769. The molecule has 29 heavy (non-hydrogen) atoms. The number of nitrogens with one attached hydrogen (secondary N) is 2. The van der Waals surface area contributed by atoms with Gasteiger partial charge in [-0.25, -0.2) is 9.97 Å². The van der Waals surface area contributed by atoms with Gasteiger partial charge in [0, 0.05) is 6.54 Å². The Morgan fingerprint density at radius 2 is 1.69 bits per heavy atom. The molecule has 1 aromatic heterocycles. The van der Waals surface area contributed by atoms with Gasteiger partial charge < -0.3 is 25.8 Å². The third-order valence-electron chi connectivity index (χ3n) is 4.69. The van der Waals surface area contributed by atoms with Crippen LogP contribution in [0.5, 0.6) is 11.5 Å². The summed E-state index contributed by atoms with van der Waals surface area (Å²) in [6.45, 7) is 2.74. The number of nitrogens with two attached hydrogens (primary N) is 1. The number of rotatable bonds is 9. The summed E-state index contributed by atoms with van der Waals surface area (Å²) in [6, 6.07) is 16.1. The van der Waals surface area contributed by atoms with E-state index in [4.69, 9.17) is 15.2 Å². The van der Waals surface area contributed by atoms with Crippen molar-refractivity contribution in [1.29, 1.82) is 0 Å². The van der Waals surface area contributed by atoms with Crippen molar-refractivity contribution in [1.82, 2.24) is 9.97 Å². The van der Waals surface area contributed by atoms with Crippen LogP contribution >= 0.6 is 0 Å². The Hall–Kier alpha value is -3.48. The third-order valence-corrected chi connectivity index (χ3v) is 4.69. The molecule has 0 saturated heterocycles. The highest BCUT2D eigenvalue weighted by Gasteiger charge is 2.12. The van der Waals surface area contributed by atoms with Crippen LogP contribution in [0, 0.1) is 0 Å². The molecule has 0 saturated carbocycles. The van der Waals surface area contributed by atoms with E-state index in [0.717, 1.165) is 17.5 Å². The molecule has 2 aromatic carbocycles. The first-order valence-corrected chi connectivity index (χ1v) is 9.49. The quantitative estimate of drug-likeness (QED) is 0.507. The first kappa shape index (κ1) is 20.3. The van der Waals surface area contributed by atoms with Crippen molar-refractivity contribution < 1.29 is 9.47 Å². The van der Waals surface area contributed by atoms with Crippen LogP contribution < -0.4 is 25.8 Å². The Morgan fingerprint density at radius 3 is 2.41 bits per heavy atom. The maximum absolute atomic E-state index is 6.29. The van der Waals surface area contributed by atoms with Crippen molar-refractivity contribution in [3.05, 3.63) is 66.0 Å². The Bertz CT molecular complexity index is 934. The molecule has 0 radical (unpaired) electrons. The number of ether oxygens (including phenoxy) is 2. The van der Waals surface area contributed by atoms with E-state index in [1.807, 2.05) is 36.4 Å². The smallest absolute Gasteiger partial charge is 0.160 e. The van der Waals surface area contributed by atoms with E-state index in [2.05, 4.69) is 39.7 Å². The molecule has 1 atom stereocenters. The third kappa shape index (κ3) is 5.07. The van der Waals surface area contributed by atoms with E-state index in [-0.39, 0.29) is 6.04 Å². The number of nitrogens with zero attached hydrogens (tertiary/aromatic N) is 2. The van der Waals surface area contributed by atoms with E-state index in [9.17, 15) is 0 Å². The first-order chi connectivity index (χ1) is 14.1. The molecule has 7 nitrogen and oxygen atoms in total. The number of hydrogen-bond acceptors (Lipinski definition) is 7. The Kier molecular flexibility index (Phi) is 6.73. The fourth-order valence-corrected chi connectivity index (χ4v) is 3.04. The summed E-state index contributed by atoms with van der Waals surface area (Å²) in [4.78, 5) is 8.57. The molecular weight excluding hydrogens is 366 g/mol. The van der Waals surface area contributed by atoms with E-state index >= 15 is 0 Å². The van der Waals surface area contributed by atoms with Gasteiger partial charge in [0.25, 0.3) is 0 Å². The number of hydrogen-bond donors (Lipinski definition) is 3. The van der Waals surface area contributed by atoms with Crippen molar-refractivity contribution in [2.75, 3.05) is 37.1 Å². The molecule has 0 aliphatic heterocycles. The Morgan fingerprint density at radius 1 is 0.966 bits per heavy atom. The monoisotopic (exact) mass is 393 g/mol. The highest BCUT2D eigenvalue weighted by molar-refractivity contribution is 5.74. The van der Waals surface area contributed by atoms with Gasteiger partial charge >= 0.3 is 0 Å². The van der Waals surface area contributed by atoms with Crippen LogP contribution in [0.1, 0.15) is 24.1 Å². The topological polar surface area (TPSA) is 94.3 Å². The average Bonchev–Trinajstić information content (AvgIpc) is 2.76.